The maximum absolute atomic E-state index is 10.8. The normalized spacial score (nSPS) is 16.8. The van der Waals surface area contributed by atoms with Gasteiger partial charge in [0.15, 0.2) is 5.82 Å². The van der Waals surface area contributed by atoms with E-state index in [0.717, 1.165) is 42.8 Å². The lowest BCUT2D eigenvalue weighted by Gasteiger charge is -2.32. The summed E-state index contributed by atoms with van der Waals surface area (Å²) in [7, 11) is 1.97. The number of aromatic nitrogens is 3. The first-order valence-corrected chi connectivity index (χ1v) is 6.88. The van der Waals surface area contributed by atoms with Crippen LogP contribution < -0.4 is 4.90 Å². The molecule has 1 aliphatic heterocycles. The summed E-state index contributed by atoms with van der Waals surface area (Å²) in [5.74, 6) is 0.497. The van der Waals surface area contributed by atoms with E-state index in [1.165, 1.54) is 0 Å². The lowest BCUT2D eigenvalue weighted by molar-refractivity contribution is -0.138. The monoisotopic (exact) mass is 274 g/mol. The van der Waals surface area contributed by atoms with E-state index in [-0.39, 0.29) is 12.3 Å². The van der Waals surface area contributed by atoms with Crippen molar-refractivity contribution in [2.75, 3.05) is 18.0 Å². The van der Waals surface area contributed by atoms with E-state index < -0.39 is 5.97 Å². The highest BCUT2D eigenvalue weighted by Gasteiger charge is 2.23. The molecule has 106 valence electrons. The molecule has 6 nitrogen and oxygen atoms in total. The number of carboxylic acid groups (broad SMARTS) is 1. The van der Waals surface area contributed by atoms with Gasteiger partial charge in [-0.05, 0) is 24.8 Å². The fourth-order valence-corrected chi connectivity index (χ4v) is 2.88. The van der Waals surface area contributed by atoms with E-state index in [1.807, 2.05) is 23.9 Å². The molecule has 0 aromatic carbocycles. The molecule has 1 aliphatic rings. The minimum Gasteiger partial charge on any atom is -0.481 e. The molecule has 1 saturated heterocycles. The fraction of sp³-hybridized carbons (Fsp3) is 0.500. The van der Waals surface area contributed by atoms with Crippen LogP contribution in [0.4, 0.5) is 5.82 Å². The van der Waals surface area contributed by atoms with Crippen LogP contribution in [-0.2, 0) is 11.8 Å². The molecular formula is C14H18N4O2. The number of nitrogens with zero attached hydrogens (tertiary/aromatic N) is 4. The Morgan fingerprint density at radius 2 is 2.15 bits per heavy atom. The number of hydrogen-bond acceptors (Lipinski definition) is 4. The molecule has 0 atom stereocenters. The number of rotatable bonds is 3. The van der Waals surface area contributed by atoms with Gasteiger partial charge in [-0.25, -0.2) is 9.97 Å². The van der Waals surface area contributed by atoms with Crippen molar-refractivity contribution in [1.82, 2.24) is 14.5 Å². The summed E-state index contributed by atoms with van der Waals surface area (Å²) < 4.78 is 1.98. The van der Waals surface area contributed by atoms with Gasteiger partial charge in [0, 0.05) is 32.8 Å². The lowest BCUT2D eigenvalue weighted by atomic mass is 9.93. The number of pyridine rings is 1. The molecule has 0 spiro atoms. The van der Waals surface area contributed by atoms with Gasteiger partial charge in [0.2, 0.25) is 0 Å². The van der Waals surface area contributed by atoms with E-state index in [0.29, 0.717) is 0 Å². The Bertz CT molecular complexity index is 629. The van der Waals surface area contributed by atoms with Crippen LogP contribution in [0, 0.1) is 5.92 Å². The van der Waals surface area contributed by atoms with Crippen LogP contribution in [0.15, 0.2) is 18.6 Å². The Morgan fingerprint density at radius 3 is 2.85 bits per heavy atom. The number of fused-ring (bicyclic) bond motifs is 1. The number of anilines is 1. The second-order valence-electron chi connectivity index (χ2n) is 5.39. The highest BCUT2D eigenvalue weighted by atomic mass is 16.4. The van der Waals surface area contributed by atoms with Gasteiger partial charge in [0.05, 0.1) is 11.8 Å². The second-order valence-corrected chi connectivity index (χ2v) is 5.39. The third-order valence-corrected chi connectivity index (χ3v) is 4.00. The number of piperidine rings is 1. The topological polar surface area (TPSA) is 71.2 Å². The van der Waals surface area contributed by atoms with Gasteiger partial charge in [-0.1, -0.05) is 0 Å². The Kier molecular flexibility index (Phi) is 3.30. The van der Waals surface area contributed by atoms with Gasteiger partial charge >= 0.3 is 5.97 Å². The van der Waals surface area contributed by atoms with Crippen molar-refractivity contribution in [1.29, 1.82) is 0 Å². The molecule has 1 fully saturated rings. The molecular weight excluding hydrogens is 256 g/mol. The molecule has 2 aromatic heterocycles. The van der Waals surface area contributed by atoms with Crippen molar-refractivity contribution in [3.8, 4) is 0 Å². The summed E-state index contributed by atoms with van der Waals surface area (Å²) in [4.78, 5) is 21.9. The molecule has 3 heterocycles. The van der Waals surface area contributed by atoms with Crippen molar-refractivity contribution in [3.05, 3.63) is 18.6 Å². The molecule has 20 heavy (non-hydrogen) atoms. The standard InChI is InChI=1S/C14H18N4O2/c1-17-9-16-13-11(17)2-5-15-14(13)18-6-3-10(4-7-18)8-12(19)20/h2,5,9-10H,3-4,6-8H2,1H3,(H,19,20). The summed E-state index contributed by atoms with van der Waals surface area (Å²) in [6, 6.07) is 1.96. The van der Waals surface area contributed by atoms with Crippen molar-refractivity contribution in [2.45, 2.75) is 19.3 Å². The zero-order valence-electron chi connectivity index (χ0n) is 11.5. The molecule has 0 saturated carbocycles. The van der Waals surface area contributed by atoms with Crippen LogP contribution in [0.5, 0.6) is 0 Å². The lowest BCUT2D eigenvalue weighted by Crippen LogP contribution is -2.35. The molecule has 0 aliphatic carbocycles. The average Bonchev–Trinajstić information content (AvgIpc) is 2.81. The van der Waals surface area contributed by atoms with Crippen molar-refractivity contribution in [3.63, 3.8) is 0 Å². The highest BCUT2D eigenvalue weighted by molar-refractivity contribution is 5.86. The van der Waals surface area contributed by atoms with Crippen molar-refractivity contribution >= 4 is 22.8 Å². The van der Waals surface area contributed by atoms with Crippen LogP contribution in [0.3, 0.4) is 0 Å². The van der Waals surface area contributed by atoms with Crippen LogP contribution in [0.1, 0.15) is 19.3 Å². The number of aliphatic carboxylic acids is 1. The molecule has 0 bridgehead atoms. The number of imidazole rings is 1. The van der Waals surface area contributed by atoms with Gasteiger partial charge in [-0.3, -0.25) is 4.79 Å². The van der Waals surface area contributed by atoms with Crippen LogP contribution >= 0.6 is 0 Å². The van der Waals surface area contributed by atoms with Gasteiger partial charge in [-0.2, -0.15) is 0 Å². The van der Waals surface area contributed by atoms with Crippen LogP contribution in [-0.4, -0.2) is 38.7 Å². The average molecular weight is 274 g/mol. The summed E-state index contributed by atoms with van der Waals surface area (Å²) >= 11 is 0. The zero-order valence-corrected chi connectivity index (χ0v) is 11.5. The summed E-state index contributed by atoms with van der Waals surface area (Å²) in [6.07, 6.45) is 5.68. The first kappa shape index (κ1) is 12.9. The molecule has 0 radical (unpaired) electrons. The van der Waals surface area contributed by atoms with Crippen LogP contribution in [0.2, 0.25) is 0 Å². The highest BCUT2D eigenvalue weighted by Crippen LogP contribution is 2.28. The molecule has 1 N–H and O–H groups in total. The summed E-state index contributed by atoms with van der Waals surface area (Å²) in [5, 5.41) is 8.85. The quantitative estimate of drug-likeness (QED) is 0.921. The number of aryl methyl sites for hydroxylation is 1. The Hall–Kier alpha value is -2.11. The van der Waals surface area contributed by atoms with Gasteiger partial charge < -0.3 is 14.6 Å². The largest absolute Gasteiger partial charge is 0.481 e. The molecule has 2 aromatic rings. The minimum atomic E-state index is -0.701. The summed E-state index contributed by atoms with van der Waals surface area (Å²) in [5.41, 5.74) is 1.99. The second kappa shape index (κ2) is 5.11. The fourth-order valence-electron chi connectivity index (χ4n) is 2.88. The van der Waals surface area contributed by atoms with E-state index in [1.54, 1.807) is 6.33 Å². The summed E-state index contributed by atoms with van der Waals surface area (Å²) in [6.45, 7) is 1.70. The van der Waals surface area contributed by atoms with E-state index in [4.69, 9.17) is 5.11 Å². The number of carboxylic acids is 1. The maximum atomic E-state index is 10.8. The first-order chi connectivity index (χ1) is 9.65. The van der Waals surface area contributed by atoms with Crippen molar-refractivity contribution in [2.24, 2.45) is 13.0 Å². The first-order valence-electron chi connectivity index (χ1n) is 6.88. The minimum absolute atomic E-state index is 0.273. The molecule has 3 rings (SSSR count). The van der Waals surface area contributed by atoms with E-state index in [9.17, 15) is 4.79 Å². The molecule has 0 amide bonds. The van der Waals surface area contributed by atoms with Crippen LogP contribution in [0.25, 0.3) is 11.0 Å². The SMILES string of the molecule is Cn1cnc2c(N3CCC(CC(=O)O)CC3)nccc21. The Balaban J connectivity index is 1.78. The van der Waals surface area contributed by atoms with E-state index >= 15 is 0 Å². The van der Waals surface area contributed by atoms with Gasteiger partial charge in [0.25, 0.3) is 0 Å². The number of hydrogen-bond donors (Lipinski definition) is 1. The predicted molar refractivity (Wildman–Crippen MR) is 75.7 cm³/mol. The van der Waals surface area contributed by atoms with Crippen molar-refractivity contribution < 1.29 is 9.90 Å². The molecule has 6 heteroatoms. The number of carbonyl (C=O) groups is 1. The molecule has 0 unspecified atom stereocenters. The van der Waals surface area contributed by atoms with E-state index in [2.05, 4.69) is 14.9 Å². The maximum Gasteiger partial charge on any atom is 0.303 e. The third kappa shape index (κ3) is 2.33. The van der Waals surface area contributed by atoms with Gasteiger partial charge in [0.1, 0.15) is 5.52 Å². The predicted octanol–water partition coefficient (Wildman–Crippen LogP) is 1.66. The zero-order chi connectivity index (χ0) is 14.1. The third-order valence-electron chi connectivity index (χ3n) is 4.00. The smallest absolute Gasteiger partial charge is 0.303 e. The Morgan fingerprint density at radius 1 is 1.40 bits per heavy atom. The van der Waals surface area contributed by atoms with Gasteiger partial charge in [-0.15, -0.1) is 0 Å². The Labute approximate surface area is 117 Å².